The minimum Gasteiger partial charge on any atom is -0.366 e. The Hall–Kier alpha value is -3.45. The summed E-state index contributed by atoms with van der Waals surface area (Å²) in [4.78, 5) is 4.37. The first-order valence-electron chi connectivity index (χ1n) is 10.8. The average Bonchev–Trinajstić information content (AvgIpc) is 3.46. The Morgan fingerprint density at radius 3 is 2.51 bits per heavy atom. The SMILES string of the molecule is CS(=O)(=O)N1CCC(c2cc(-c3cn[nH]c3)c(-c3cccc(C(F)(F)F)c3)c3nc(N)nn23)CC1. The van der Waals surface area contributed by atoms with Gasteiger partial charge in [-0.25, -0.2) is 17.2 Å². The molecule has 35 heavy (non-hydrogen) atoms. The zero-order chi connectivity index (χ0) is 25.0. The number of alkyl halides is 3. The van der Waals surface area contributed by atoms with Crippen molar-refractivity contribution < 1.29 is 21.6 Å². The normalized spacial score (nSPS) is 16.2. The number of fused-ring (bicyclic) bond motifs is 1. The summed E-state index contributed by atoms with van der Waals surface area (Å²) in [6.45, 7) is 0.706. The predicted octanol–water partition coefficient (Wildman–Crippen LogP) is 3.53. The zero-order valence-electron chi connectivity index (χ0n) is 18.6. The number of nitrogens with zero attached hydrogens (tertiary/aromatic N) is 5. The number of H-pyrrole nitrogens is 1. The third-order valence-corrected chi connectivity index (χ3v) is 7.59. The molecule has 0 radical (unpaired) electrons. The van der Waals surface area contributed by atoms with Gasteiger partial charge < -0.3 is 5.73 Å². The number of nitrogen functional groups attached to an aromatic ring is 1. The molecule has 1 aromatic carbocycles. The number of piperidine rings is 1. The van der Waals surface area contributed by atoms with Crippen molar-refractivity contribution in [2.75, 3.05) is 25.1 Å². The number of hydrogen-bond acceptors (Lipinski definition) is 6. The molecule has 0 saturated carbocycles. The average molecular weight is 506 g/mol. The van der Waals surface area contributed by atoms with Gasteiger partial charge in [-0.3, -0.25) is 5.10 Å². The molecule has 1 fully saturated rings. The van der Waals surface area contributed by atoms with Crippen LogP contribution >= 0.6 is 0 Å². The molecule has 0 unspecified atom stereocenters. The molecule has 184 valence electrons. The lowest BCUT2D eigenvalue weighted by atomic mass is 9.89. The quantitative estimate of drug-likeness (QED) is 0.438. The van der Waals surface area contributed by atoms with E-state index in [2.05, 4.69) is 20.3 Å². The van der Waals surface area contributed by atoms with Crippen LogP contribution in [-0.4, -0.2) is 56.9 Å². The molecule has 4 aromatic rings. The molecule has 1 aliphatic rings. The maximum atomic E-state index is 13.5. The van der Waals surface area contributed by atoms with E-state index in [4.69, 9.17) is 5.73 Å². The second kappa shape index (κ2) is 8.34. The third kappa shape index (κ3) is 4.36. The van der Waals surface area contributed by atoms with Gasteiger partial charge in [0.25, 0.3) is 0 Å². The van der Waals surface area contributed by atoms with Crippen LogP contribution in [0.4, 0.5) is 19.1 Å². The second-order valence-electron chi connectivity index (χ2n) is 8.57. The fraction of sp³-hybridized carbons (Fsp3) is 0.318. The summed E-state index contributed by atoms with van der Waals surface area (Å²) in [5.74, 6) is -0.0739. The Morgan fingerprint density at radius 1 is 1.14 bits per heavy atom. The minimum atomic E-state index is -4.51. The van der Waals surface area contributed by atoms with Crippen LogP contribution < -0.4 is 5.73 Å². The number of nitrogens with one attached hydrogen (secondary N) is 1. The second-order valence-corrected chi connectivity index (χ2v) is 10.5. The largest absolute Gasteiger partial charge is 0.416 e. The summed E-state index contributed by atoms with van der Waals surface area (Å²) >= 11 is 0. The number of pyridine rings is 1. The van der Waals surface area contributed by atoms with E-state index in [0.717, 1.165) is 17.8 Å². The van der Waals surface area contributed by atoms with Gasteiger partial charge in [-0.15, -0.1) is 5.10 Å². The third-order valence-electron chi connectivity index (χ3n) is 6.28. The van der Waals surface area contributed by atoms with Crippen LogP contribution in [0.25, 0.3) is 27.9 Å². The molecule has 0 amide bonds. The van der Waals surface area contributed by atoms with Crippen molar-refractivity contribution in [2.45, 2.75) is 24.9 Å². The summed E-state index contributed by atoms with van der Waals surface area (Å²) in [6, 6.07) is 6.89. The maximum Gasteiger partial charge on any atom is 0.416 e. The highest BCUT2D eigenvalue weighted by atomic mass is 32.2. The highest BCUT2D eigenvalue weighted by Crippen LogP contribution is 2.41. The van der Waals surface area contributed by atoms with E-state index in [9.17, 15) is 21.6 Å². The lowest BCUT2D eigenvalue weighted by Crippen LogP contribution is -2.37. The Balaban J connectivity index is 1.71. The zero-order valence-corrected chi connectivity index (χ0v) is 19.4. The van der Waals surface area contributed by atoms with Gasteiger partial charge in [0.05, 0.1) is 18.0 Å². The summed E-state index contributed by atoms with van der Waals surface area (Å²) in [6.07, 6.45) is 1.01. The van der Waals surface area contributed by atoms with E-state index in [1.165, 1.54) is 16.6 Å². The molecule has 1 aliphatic heterocycles. The van der Waals surface area contributed by atoms with Crippen molar-refractivity contribution in [2.24, 2.45) is 0 Å². The molecule has 5 rings (SSSR count). The molecule has 9 nitrogen and oxygen atoms in total. The fourth-order valence-corrected chi connectivity index (χ4v) is 5.48. The molecule has 1 saturated heterocycles. The van der Waals surface area contributed by atoms with Crippen molar-refractivity contribution in [1.29, 1.82) is 0 Å². The number of aromatic nitrogens is 5. The first-order chi connectivity index (χ1) is 16.5. The summed E-state index contributed by atoms with van der Waals surface area (Å²) < 4.78 is 67.3. The number of hydrogen-bond donors (Lipinski definition) is 2. The van der Waals surface area contributed by atoms with E-state index < -0.39 is 21.8 Å². The Labute approximate surface area is 198 Å². The molecular formula is C22H22F3N7O2S. The standard InChI is InChI=1S/C22H22F3N7O2S/c1-35(33,34)31-7-5-13(6-8-31)18-10-17(15-11-27-28-12-15)19(20-29-21(26)30-32(18)20)14-3-2-4-16(9-14)22(23,24)25/h2-4,9-13H,5-8H2,1H3,(H2,26,30)(H,27,28). The van der Waals surface area contributed by atoms with Gasteiger partial charge in [0.2, 0.25) is 16.0 Å². The van der Waals surface area contributed by atoms with Crippen molar-refractivity contribution in [1.82, 2.24) is 29.1 Å². The van der Waals surface area contributed by atoms with Gasteiger partial charge in [-0.1, -0.05) is 12.1 Å². The van der Waals surface area contributed by atoms with Crippen molar-refractivity contribution >= 4 is 21.6 Å². The maximum absolute atomic E-state index is 13.5. The number of nitrogens with two attached hydrogens (primary N) is 1. The Bertz CT molecular complexity index is 1490. The van der Waals surface area contributed by atoms with Crippen molar-refractivity contribution in [3.63, 3.8) is 0 Å². The molecule has 0 bridgehead atoms. The van der Waals surface area contributed by atoms with E-state index in [-0.39, 0.29) is 11.9 Å². The molecule has 0 atom stereocenters. The lowest BCUT2D eigenvalue weighted by molar-refractivity contribution is -0.137. The van der Waals surface area contributed by atoms with Crippen LogP contribution in [-0.2, 0) is 16.2 Å². The fourth-order valence-electron chi connectivity index (χ4n) is 4.61. The Kier molecular flexibility index (Phi) is 5.55. The topological polar surface area (TPSA) is 122 Å². The number of aromatic amines is 1. The first-order valence-corrected chi connectivity index (χ1v) is 12.7. The van der Waals surface area contributed by atoms with Gasteiger partial charge >= 0.3 is 6.18 Å². The van der Waals surface area contributed by atoms with Crippen LogP contribution in [0.15, 0.2) is 42.7 Å². The number of rotatable bonds is 4. The van der Waals surface area contributed by atoms with Crippen molar-refractivity contribution in [3.8, 4) is 22.3 Å². The molecule has 3 aromatic heterocycles. The number of halogens is 3. The Morgan fingerprint density at radius 2 is 1.89 bits per heavy atom. The summed E-state index contributed by atoms with van der Waals surface area (Å²) in [5, 5.41) is 11.1. The van der Waals surface area contributed by atoms with Gasteiger partial charge in [0, 0.05) is 42.0 Å². The van der Waals surface area contributed by atoms with Crippen molar-refractivity contribution in [3.05, 3.63) is 54.0 Å². The van der Waals surface area contributed by atoms with E-state index in [1.54, 1.807) is 23.0 Å². The van der Waals surface area contributed by atoms with E-state index >= 15 is 0 Å². The van der Waals surface area contributed by atoms with Crippen LogP contribution in [0.1, 0.15) is 30.0 Å². The smallest absolute Gasteiger partial charge is 0.366 e. The van der Waals surface area contributed by atoms with Crippen LogP contribution in [0.3, 0.4) is 0 Å². The van der Waals surface area contributed by atoms with Gasteiger partial charge in [0.1, 0.15) is 0 Å². The molecule has 13 heteroatoms. The number of benzene rings is 1. The lowest BCUT2D eigenvalue weighted by Gasteiger charge is -2.31. The number of anilines is 1. The first kappa shape index (κ1) is 23.3. The molecule has 4 heterocycles. The molecule has 0 aliphatic carbocycles. The van der Waals surface area contributed by atoms with Crippen LogP contribution in [0.5, 0.6) is 0 Å². The van der Waals surface area contributed by atoms with E-state index in [1.807, 2.05) is 6.07 Å². The predicted molar refractivity (Wildman–Crippen MR) is 124 cm³/mol. The van der Waals surface area contributed by atoms with Gasteiger partial charge in [-0.05, 0) is 42.2 Å². The highest BCUT2D eigenvalue weighted by Gasteiger charge is 2.32. The molecular weight excluding hydrogens is 483 g/mol. The summed E-state index contributed by atoms with van der Waals surface area (Å²) in [7, 11) is -3.30. The molecule has 0 spiro atoms. The highest BCUT2D eigenvalue weighted by molar-refractivity contribution is 7.88. The molecule has 3 N–H and O–H groups in total. The number of sulfonamides is 1. The monoisotopic (exact) mass is 505 g/mol. The van der Waals surface area contributed by atoms with Crippen LogP contribution in [0, 0.1) is 0 Å². The van der Waals surface area contributed by atoms with Crippen LogP contribution in [0.2, 0.25) is 0 Å². The van der Waals surface area contributed by atoms with E-state index in [0.29, 0.717) is 53.8 Å². The van der Waals surface area contributed by atoms with Gasteiger partial charge in [0.15, 0.2) is 5.65 Å². The summed E-state index contributed by atoms with van der Waals surface area (Å²) in [5.41, 5.74) is 8.29. The van der Waals surface area contributed by atoms with Gasteiger partial charge in [-0.2, -0.15) is 23.3 Å². The minimum absolute atomic E-state index is 0.0163.